The van der Waals surface area contributed by atoms with Crippen molar-refractivity contribution in [2.45, 2.75) is 26.2 Å². The minimum Gasteiger partial charge on any atom is -0.345 e. The van der Waals surface area contributed by atoms with Crippen molar-refractivity contribution in [2.24, 2.45) is 0 Å². The second-order valence-corrected chi connectivity index (χ2v) is 8.81. The van der Waals surface area contributed by atoms with Gasteiger partial charge in [0, 0.05) is 36.8 Å². The van der Waals surface area contributed by atoms with E-state index in [-0.39, 0.29) is 12.1 Å². The first-order chi connectivity index (χ1) is 12.9. The van der Waals surface area contributed by atoms with Crippen molar-refractivity contribution >= 4 is 45.9 Å². The van der Waals surface area contributed by atoms with Gasteiger partial charge in [0.25, 0.3) is 6.71 Å². The summed E-state index contributed by atoms with van der Waals surface area (Å²) < 4.78 is 0. The van der Waals surface area contributed by atoms with Gasteiger partial charge >= 0.3 is 0 Å². The van der Waals surface area contributed by atoms with Crippen LogP contribution in [0.1, 0.15) is 26.3 Å². The Balaban J connectivity index is 1.93. The largest absolute Gasteiger partial charge is 0.345 e. The fraction of sp³-hybridized carbons (Fsp3) is 0.250. The highest BCUT2D eigenvalue weighted by Crippen LogP contribution is 2.41. The van der Waals surface area contributed by atoms with E-state index in [1.165, 1.54) is 44.7 Å². The number of nitrogens with zero attached hydrogens (tertiary/aromatic N) is 2. The molecule has 3 aromatic carbocycles. The number of rotatable bonds is 0. The van der Waals surface area contributed by atoms with Crippen LogP contribution in [-0.2, 0) is 5.41 Å². The lowest BCUT2D eigenvalue weighted by molar-refractivity contribution is 0.591. The molecule has 2 aliphatic heterocycles. The van der Waals surface area contributed by atoms with E-state index in [1.54, 1.807) is 0 Å². The minimum absolute atomic E-state index is 0.0883. The van der Waals surface area contributed by atoms with Gasteiger partial charge in [-0.1, -0.05) is 63.2 Å². The van der Waals surface area contributed by atoms with Gasteiger partial charge in [-0.3, -0.25) is 0 Å². The van der Waals surface area contributed by atoms with Crippen molar-refractivity contribution in [2.75, 3.05) is 23.9 Å². The van der Waals surface area contributed by atoms with Gasteiger partial charge < -0.3 is 9.80 Å². The highest BCUT2D eigenvalue weighted by Gasteiger charge is 2.42. The molecule has 2 heterocycles. The second-order valence-electron chi connectivity index (χ2n) is 8.81. The SMILES string of the molecule is CN1c2ccccc2B2c3ccccc3N(C)c3c(C(C)(C)C)ccc1c32. The van der Waals surface area contributed by atoms with Gasteiger partial charge in [-0.2, -0.15) is 0 Å². The van der Waals surface area contributed by atoms with Crippen molar-refractivity contribution in [1.29, 1.82) is 0 Å². The lowest BCUT2D eigenvalue weighted by atomic mass is 9.33. The van der Waals surface area contributed by atoms with Crippen LogP contribution in [0.3, 0.4) is 0 Å². The second kappa shape index (κ2) is 5.42. The molecule has 2 nitrogen and oxygen atoms in total. The zero-order chi connectivity index (χ0) is 18.9. The molecule has 3 aromatic rings. The molecule has 5 rings (SSSR count). The lowest BCUT2D eigenvalue weighted by Crippen LogP contribution is -2.62. The maximum atomic E-state index is 2.41. The topological polar surface area (TPSA) is 6.48 Å². The Bertz CT molecular complexity index is 1050. The zero-order valence-corrected chi connectivity index (χ0v) is 16.7. The molecule has 0 saturated carbocycles. The van der Waals surface area contributed by atoms with Gasteiger partial charge in [-0.05, 0) is 45.6 Å². The fourth-order valence-electron chi connectivity index (χ4n) is 4.94. The molecule has 0 unspecified atom stereocenters. The van der Waals surface area contributed by atoms with E-state index >= 15 is 0 Å². The average molecular weight is 352 g/mol. The summed E-state index contributed by atoms with van der Waals surface area (Å²) in [6.45, 7) is 7.23. The molecule has 0 bridgehead atoms. The summed E-state index contributed by atoms with van der Waals surface area (Å²) in [7, 11) is 4.42. The molecule has 0 spiro atoms. The van der Waals surface area contributed by atoms with Gasteiger partial charge in [0.1, 0.15) is 0 Å². The third-order valence-electron chi connectivity index (χ3n) is 6.21. The molecular weight excluding hydrogens is 327 g/mol. The normalized spacial score (nSPS) is 14.6. The van der Waals surface area contributed by atoms with Gasteiger partial charge in [-0.15, -0.1) is 0 Å². The minimum atomic E-state index is 0.0883. The summed E-state index contributed by atoms with van der Waals surface area (Å²) in [6, 6.07) is 22.4. The number of fused-ring (bicyclic) bond motifs is 4. The van der Waals surface area contributed by atoms with Crippen molar-refractivity contribution in [3.63, 3.8) is 0 Å². The molecule has 0 saturated heterocycles. The highest BCUT2D eigenvalue weighted by molar-refractivity contribution is 7.00. The van der Waals surface area contributed by atoms with Gasteiger partial charge in [-0.25, -0.2) is 0 Å². The first kappa shape index (κ1) is 16.5. The Kier molecular flexibility index (Phi) is 3.31. The van der Waals surface area contributed by atoms with E-state index < -0.39 is 0 Å². The third-order valence-corrected chi connectivity index (χ3v) is 6.21. The summed E-state index contributed by atoms with van der Waals surface area (Å²) in [4.78, 5) is 4.77. The predicted octanol–water partition coefficient (Wildman–Crippen LogP) is 3.66. The van der Waals surface area contributed by atoms with Crippen LogP contribution >= 0.6 is 0 Å². The molecule has 0 fully saturated rings. The molecule has 0 amide bonds. The number of anilines is 4. The number of benzene rings is 3. The van der Waals surface area contributed by atoms with Gasteiger partial charge in [0.05, 0.1) is 0 Å². The molecule has 0 radical (unpaired) electrons. The van der Waals surface area contributed by atoms with Gasteiger partial charge in [0.15, 0.2) is 0 Å². The Hall–Kier alpha value is -2.68. The van der Waals surface area contributed by atoms with E-state index in [1.807, 2.05) is 0 Å². The molecule has 0 atom stereocenters. The van der Waals surface area contributed by atoms with Crippen LogP contribution < -0.4 is 26.2 Å². The summed E-state index contributed by atoms with van der Waals surface area (Å²) in [5.74, 6) is 0. The maximum absolute atomic E-state index is 2.41. The van der Waals surface area contributed by atoms with Crippen molar-refractivity contribution < 1.29 is 0 Å². The standard InChI is InChI=1S/C24H25BN2/c1-24(2,3)16-14-15-21-22-23(16)27(5)20-13-9-7-11-18(20)25(22)17-10-6-8-12-19(17)26(21)4/h6-15H,1-5H3. The van der Waals surface area contributed by atoms with Crippen LogP contribution in [0.25, 0.3) is 0 Å². The van der Waals surface area contributed by atoms with Crippen LogP contribution in [0.5, 0.6) is 0 Å². The Morgan fingerprint density at radius 2 is 1.22 bits per heavy atom. The third kappa shape index (κ3) is 2.14. The maximum Gasteiger partial charge on any atom is 0.252 e. The van der Waals surface area contributed by atoms with E-state index in [0.717, 1.165) is 0 Å². The predicted molar refractivity (Wildman–Crippen MR) is 119 cm³/mol. The molecular formula is C24H25BN2. The van der Waals surface area contributed by atoms with Crippen molar-refractivity contribution in [1.82, 2.24) is 0 Å². The summed E-state index contributed by atoms with van der Waals surface area (Å²) in [5.41, 5.74) is 11.1. The molecule has 27 heavy (non-hydrogen) atoms. The number of para-hydroxylation sites is 2. The van der Waals surface area contributed by atoms with Crippen molar-refractivity contribution in [3.8, 4) is 0 Å². The molecule has 0 aliphatic carbocycles. The monoisotopic (exact) mass is 352 g/mol. The van der Waals surface area contributed by atoms with Crippen LogP contribution in [0.4, 0.5) is 22.7 Å². The van der Waals surface area contributed by atoms with Crippen LogP contribution in [-0.4, -0.2) is 20.8 Å². The summed E-state index contributed by atoms with van der Waals surface area (Å²) in [6.07, 6.45) is 0. The summed E-state index contributed by atoms with van der Waals surface area (Å²) in [5, 5.41) is 0. The molecule has 0 N–H and O–H groups in total. The molecule has 134 valence electrons. The Labute approximate surface area is 162 Å². The van der Waals surface area contributed by atoms with E-state index in [0.29, 0.717) is 0 Å². The van der Waals surface area contributed by atoms with Crippen LogP contribution in [0.2, 0.25) is 0 Å². The fourth-order valence-corrected chi connectivity index (χ4v) is 4.94. The lowest BCUT2D eigenvalue weighted by Gasteiger charge is -2.44. The Morgan fingerprint density at radius 1 is 0.667 bits per heavy atom. The average Bonchev–Trinajstić information content (AvgIpc) is 2.66. The molecule has 2 aliphatic rings. The van der Waals surface area contributed by atoms with Crippen LogP contribution in [0.15, 0.2) is 60.7 Å². The van der Waals surface area contributed by atoms with E-state index in [4.69, 9.17) is 0 Å². The Morgan fingerprint density at radius 3 is 1.81 bits per heavy atom. The van der Waals surface area contributed by atoms with Crippen LogP contribution in [0, 0.1) is 0 Å². The zero-order valence-electron chi connectivity index (χ0n) is 16.7. The van der Waals surface area contributed by atoms with E-state index in [9.17, 15) is 0 Å². The first-order valence-electron chi connectivity index (χ1n) is 9.72. The van der Waals surface area contributed by atoms with Crippen molar-refractivity contribution in [3.05, 3.63) is 66.2 Å². The highest BCUT2D eigenvalue weighted by atomic mass is 15.1. The van der Waals surface area contributed by atoms with Gasteiger partial charge in [0.2, 0.25) is 0 Å². The molecule has 0 aromatic heterocycles. The quantitative estimate of drug-likeness (QED) is 0.570. The number of hydrogen-bond acceptors (Lipinski definition) is 2. The molecule has 3 heteroatoms. The smallest absolute Gasteiger partial charge is 0.252 e. The van der Waals surface area contributed by atoms with E-state index in [2.05, 4.69) is 105 Å². The first-order valence-corrected chi connectivity index (χ1v) is 9.72. The summed E-state index contributed by atoms with van der Waals surface area (Å²) >= 11 is 0. The number of hydrogen-bond donors (Lipinski definition) is 0.